The Hall–Kier alpha value is -3.74. The van der Waals surface area contributed by atoms with Crippen LogP contribution in [-0.4, -0.2) is 30.9 Å². The Morgan fingerprint density at radius 2 is 1.89 bits per heavy atom. The van der Waals surface area contributed by atoms with E-state index in [4.69, 9.17) is 0 Å². The molecule has 2 N–H and O–H groups in total. The number of anilines is 1. The van der Waals surface area contributed by atoms with Gasteiger partial charge in [0.15, 0.2) is 0 Å². The highest BCUT2D eigenvalue weighted by atomic mass is 16.2. The molecular formula is C21H20N6O. The van der Waals surface area contributed by atoms with E-state index in [2.05, 4.69) is 38.6 Å². The van der Waals surface area contributed by atoms with Gasteiger partial charge in [-0.05, 0) is 31.0 Å². The maximum atomic E-state index is 12.5. The van der Waals surface area contributed by atoms with Gasteiger partial charge in [0.2, 0.25) is 5.95 Å². The third kappa shape index (κ3) is 3.83. The Bertz CT molecular complexity index is 1110. The van der Waals surface area contributed by atoms with E-state index in [-0.39, 0.29) is 11.9 Å². The molecule has 0 bridgehead atoms. The van der Waals surface area contributed by atoms with Gasteiger partial charge < -0.3 is 0 Å². The molecule has 0 aliphatic carbocycles. The van der Waals surface area contributed by atoms with E-state index in [1.807, 2.05) is 49.4 Å². The van der Waals surface area contributed by atoms with E-state index < -0.39 is 0 Å². The van der Waals surface area contributed by atoms with Crippen LogP contribution in [-0.2, 0) is 6.54 Å². The monoisotopic (exact) mass is 372 g/mol. The fourth-order valence-electron chi connectivity index (χ4n) is 2.87. The number of aromatic amines is 1. The highest BCUT2D eigenvalue weighted by Crippen LogP contribution is 2.18. The molecule has 2 aromatic heterocycles. The molecule has 4 aromatic rings. The van der Waals surface area contributed by atoms with Crippen molar-refractivity contribution >= 4 is 11.9 Å². The molecule has 0 saturated heterocycles. The number of amides is 1. The zero-order chi connectivity index (χ0) is 19.5. The molecule has 7 nitrogen and oxygen atoms in total. The summed E-state index contributed by atoms with van der Waals surface area (Å²) in [6, 6.07) is 17.8. The van der Waals surface area contributed by atoms with Crippen molar-refractivity contribution in [1.82, 2.24) is 25.0 Å². The van der Waals surface area contributed by atoms with E-state index in [9.17, 15) is 4.79 Å². The lowest BCUT2D eigenvalue weighted by Crippen LogP contribution is -2.14. The summed E-state index contributed by atoms with van der Waals surface area (Å²) in [5, 5.41) is 14.0. The maximum absolute atomic E-state index is 12.5. The number of aryl methyl sites for hydroxylation is 2. The minimum absolute atomic E-state index is 0.255. The first kappa shape index (κ1) is 17.7. The van der Waals surface area contributed by atoms with E-state index in [1.165, 1.54) is 11.1 Å². The van der Waals surface area contributed by atoms with Gasteiger partial charge in [0.05, 0.1) is 12.2 Å². The predicted molar refractivity (Wildman–Crippen MR) is 107 cm³/mol. The molecule has 0 spiro atoms. The smallest absolute Gasteiger partial charge is 0.276 e. The number of nitrogens with zero attached hydrogens (tertiary/aromatic N) is 4. The van der Waals surface area contributed by atoms with Crippen LogP contribution < -0.4 is 5.32 Å². The molecule has 0 radical (unpaired) electrons. The van der Waals surface area contributed by atoms with Gasteiger partial charge in [-0.1, -0.05) is 54.1 Å². The van der Waals surface area contributed by atoms with Gasteiger partial charge in [0.1, 0.15) is 12.0 Å². The number of aromatic nitrogens is 5. The van der Waals surface area contributed by atoms with Crippen LogP contribution in [0.25, 0.3) is 11.3 Å². The molecule has 7 heteroatoms. The number of carbonyl (C=O) groups excluding carboxylic acids is 1. The van der Waals surface area contributed by atoms with Crippen LogP contribution in [0.1, 0.15) is 27.2 Å². The largest absolute Gasteiger partial charge is 0.288 e. The van der Waals surface area contributed by atoms with Crippen molar-refractivity contribution < 1.29 is 4.79 Å². The first-order valence-electron chi connectivity index (χ1n) is 8.96. The van der Waals surface area contributed by atoms with Gasteiger partial charge in [-0.3, -0.25) is 15.2 Å². The van der Waals surface area contributed by atoms with Crippen molar-refractivity contribution in [2.75, 3.05) is 5.32 Å². The molecule has 2 aromatic carbocycles. The highest BCUT2D eigenvalue weighted by molar-refractivity contribution is 6.02. The number of hydrogen-bond donors (Lipinski definition) is 2. The number of rotatable bonds is 5. The standard InChI is InChI=1S/C21H20N6O/c1-14-7-9-16(10-8-14)18-11-19(25-24-18)20(28)23-21-22-13-27(26-21)12-17-6-4-3-5-15(17)2/h3-11,13H,12H2,1-2H3,(H,24,25)(H,23,26,28). The van der Waals surface area contributed by atoms with Crippen LogP contribution in [0.3, 0.4) is 0 Å². The van der Waals surface area contributed by atoms with Gasteiger partial charge in [-0.25, -0.2) is 9.67 Å². The van der Waals surface area contributed by atoms with Crippen molar-refractivity contribution in [1.29, 1.82) is 0 Å². The minimum atomic E-state index is -0.334. The number of benzene rings is 2. The topological polar surface area (TPSA) is 88.5 Å². The summed E-state index contributed by atoms with van der Waals surface area (Å²) in [6.45, 7) is 4.68. The van der Waals surface area contributed by atoms with Crippen LogP contribution in [0.2, 0.25) is 0 Å². The summed E-state index contributed by atoms with van der Waals surface area (Å²) < 4.78 is 1.70. The maximum Gasteiger partial charge on any atom is 0.276 e. The molecule has 28 heavy (non-hydrogen) atoms. The molecule has 0 fully saturated rings. The molecule has 0 unspecified atom stereocenters. The van der Waals surface area contributed by atoms with Crippen LogP contribution in [0.15, 0.2) is 60.9 Å². The van der Waals surface area contributed by atoms with Gasteiger partial charge in [0, 0.05) is 5.56 Å². The van der Waals surface area contributed by atoms with Crippen molar-refractivity contribution in [3.63, 3.8) is 0 Å². The molecule has 1 amide bonds. The van der Waals surface area contributed by atoms with Gasteiger partial charge >= 0.3 is 0 Å². The average molecular weight is 372 g/mol. The Morgan fingerprint density at radius 3 is 2.68 bits per heavy atom. The lowest BCUT2D eigenvalue weighted by molar-refractivity contribution is 0.102. The summed E-state index contributed by atoms with van der Waals surface area (Å²) in [5.74, 6) is -0.0791. The van der Waals surface area contributed by atoms with E-state index >= 15 is 0 Å². The first-order chi connectivity index (χ1) is 13.6. The van der Waals surface area contributed by atoms with Crippen molar-refractivity contribution in [2.24, 2.45) is 0 Å². The summed E-state index contributed by atoms with van der Waals surface area (Å²) in [5.41, 5.74) is 5.52. The summed E-state index contributed by atoms with van der Waals surface area (Å²) in [7, 11) is 0. The quantitative estimate of drug-likeness (QED) is 0.560. The molecule has 0 saturated carbocycles. The van der Waals surface area contributed by atoms with E-state index in [1.54, 1.807) is 17.1 Å². The predicted octanol–water partition coefficient (Wildman–Crippen LogP) is 3.59. The molecule has 0 atom stereocenters. The molecule has 0 aliphatic heterocycles. The van der Waals surface area contributed by atoms with Crippen LogP contribution in [0.4, 0.5) is 5.95 Å². The van der Waals surface area contributed by atoms with Crippen molar-refractivity contribution in [3.8, 4) is 11.3 Å². The van der Waals surface area contributed by atoms with Crippen LogP contribution >= 0.6 is 0 Å². The van der Waals surface area contributed by atoms with Gasteiger partial charge in [-0.15, -0.1) is 5.10 Å². The zero-order valence-corrected chi connectivity index (χ0v) is 15.7. The summed E-state index contributed by atoms with van der Waals surface area (Å²) in [4.78, 5) is 16.6. The number of H-pyrrole nitrogens is 1. The second kappa shape index (κ2) is 7.48. The second-order valence-corrected chi connectivity index (χ2v) is 6.68. The van der Waals surface area contributed by atoms with Gasteiger partial charge in [-0.2, -0.15) is 5.10 Å². The lowest BCUT2D eigenvalue weighted by atomic mass is 10.1. The van der Waals surface area contributed by atoms with Crippen molar-refractivity contribution in [3.05, 3.63) is 83.3 Å². The average Bonchev–Trinajstić information content (AvgIpc) is 3.34. The summed E-state index contributed by atoms with van der Waals surface area (Å²) >= 11 is 0. The number of nitrogens with one attached hydrogen (secondary N) is 2. The highest BCUT2D eigenvalue weighted by Gasteiger charge is 2.13. The fraction of sp³-hybridized carbons (Fsp3) is 0.143. The molecule has 140 valence electrons. The second-order valence-electron chi connectivity index (χ2n) is 6.68. The third-order valence-corrected chi connectivity index (χ3v) is 4.53. The van der Waals surface area contributed by atoms with Crippen LogP contribution in [0, 0.1) is 13.8 Å². The van der Waals surface area contributed by atoms with Crippen molar-refractivity contribution in [2.45, 2.75) is 20.4 Å². The van der Waals surface area contributed by atoms with E-state index in [0.29, 0.717) is 17.9 Å². The van der Waals surface area contributed by atoms with Crippen LogP contribution in [0.5, 0.6) is 0 Å². The van der Waals surface area contributed by atoms with Gasteiger partial charge in [0.25, 0.3) is 5.91 Å². The number of hydrogen-bond acceptors (Lipinski definition) is 4. The Kier molecular flexibility index (Phi) is 4.72. The Labute approximate surface area is 162 Å². The Balaban J connectivity index is 1.44. The first-order valence-corrected chi connectivity index (χ1v) is 8.96. The normalized spacial score (nSPS) is 10.8. The Morgan fingerprint density at radius 1 is 1.11 bits per heavy atom. The number of carbonyl (C=O) groups is 1. The molecular weight excluding hydrogens is 352 g/mol. The van der Waals surface area contributed by atoms with E-state index in [0.717, 1.165) is 11.1 Å². The summed E-state index contributed by atoms with van der Waals surface area (Å²) in [6.07, 6.45) is 1.60. The third-order valence-electron chi connectivity index (χ3n) is 4.53. The fourth-order valence-corrected chi connectivity index (χ4v) is 2.87. The minimum Gasteiger partial charge on any atom is -0.288 e. The SMILES string of the molecule is Cc1ccc(-c2cc(C(=O)Nc3ncn(Cc4ccccc4C)n3)[nH]n2)cc1. The zero-order valence-electron chi connectivity index (χ0n) is 15.7. The molecule has 0 aliphatic rings. The molecule has 2 heterocycles. The lowest BCUT2D eigenvalue weighted by Gasteiger charge is -2.04. The molecule has 4 rings (SSSR count).